The molecule has 0 nitrogen and oxygen atoms in total. The third kappa shape index (κ3) is 11.2. The van der Waals surface area contributed by atoms with Gasteiger partial charge in [-0.3, -0.25) is 0 Å². The summed E-state index contributed by atoms with van der Waals surface area (Å²) < 4.78 is 1.05. The van der Waals surface area contributed by atoms with Crippen LogP contribution < -0.4 is 0 Å². The minimum absolute atomic E-state index is 0. The van der Waals surface area contributed by atoms with Crippen molar-refractivity contribution in [3.8, 4) is 0 Å². The first-order valence-electron chi connectivity index (χ1n) is 1.08. The summed E-state index contributed by atoms with van der Waals surface area (Å²) in [5.74, 6) is 0. The first kappa shape index (κ1) is 9.38. The predicted molar refractivity (Wildman–Crippen MR) is 39.0 cm³/mol. The van der Waals surface area contributed by atoms with Crippen molar-refractivity contribution in [1.82, 2.24) is 0 Å². The van der Waals surface area contributed by atoms with Crippen LogP contribution >= 0.6 is 22.6 Å². The van der Waals surface area contributed by atoms with Crippen LogP contribution in [0.5, 0.6) is 0 Å². The molecule has 0 bridgehead atoms. The third-order valence-electron chi connectivity index (χ3n) is 0.109. The summed E-state index contributed by atoms with van der Waals surface area (Å²) in [7, 11) is 0. The highest BCUT2D eigenvalue weighted by atomic mass is 127. The molecule has 0 unspecified atom stereocenters. The van der Waals surface area contributed by atoms with E-state index in [1.54, 1.807) is 0 Å². The zero-order valence-electron chi connectivity index (χ0n) is 2.37. The SMILES string of the molecule is C=CCI.[AlH3]. The van der Waals surface area contributed by atoms with E-state index < -0.39 is 0 Å². The normalized spacial score (nSPS) is 5.00. The first-order valence-corrected chi connectivity index (χ1v) is 2.61. The van der Waals surface area contributed by atoms with Gasteiger partial charge < -0.3 is 0 Å². The van der Waals surface area contributed by atoms with Crippen LogP contribution in [-0.4, -0.2) is 21.8 Å². The van der Waals surface area contributed by atoms with Gasteiger partial charge in [-0.05, 0) is 0 Å². The molecule has 0 saturated heterocycles. The number of alkyl halides is 1. The molecule has 0 fully saturated rings. The Morgan fingerprint density at radius 3 is 2.00 bits per heavy atom. The van der Waals surface area contributed by atoms with Gasteiger partial charge in [-0.2, -0.15) is 0 Å². The van der Waals surface area contributed by atoms with Gasteiger partial charge in [-0.1, -0.05) is 28.7 Å². The molecule has 0 aliphatic rings. The van der Waals surface area contributed by atoms with E-state index in [-0.39, 0.29) is 17.4 Å². The van der Waals surface area contributed by atoms with E-state index in [1.807, 2.05) is 6.08 Å². The van der Waals surface area contributed by atoms with Crippen LogP contribution in [0.1, 0.15) is 0 Å². The van der Waals surface area contributed by atoms with Crippen LogP contribution in [0.25, 0.3) is 0 Å². The minimum atomic E-state index is 0. The Bertz CT molecular complexity index is 20.9. The zero-order chi connectivity index (χ0) is 3.41. The average molecular weight is 198 g/mol. The van der Waals surface area contributed by atoms with Crippen molar-refractivity contribution in [2.45, 2.75) is 0 Å². The van der Waals surface area contributed by atoms with Crippen molar-refractivity contribution in [2.75, 3.05) is 4.43 Å². The molecule has 0 saturated carbocycles. The number of rotatable bonds is 1. The van der Waals surface area contributed by atoms with Crippen LogP contribution in [-0.2, 0) is 0 Å². The predicted octanol–water partition coefficient (Wildman–Crippen LogP) is 0.424. The quantitative estimate of drug-likeness (QED) is 0.248. The Morgan fingerprint density at radius 2 is 2.00 bits per heavy atom. The van der Waals surface area contributed by atoms with Crippen LogP contribution in [0.2, 0.25) is 0 Å². The molecule has 30 valence electrons. The lowest BCUT2D eigenvalue weighted by atomic mass is 10.8. The molecule has 0 aromatic rings. The van der Waals surface area contributed by atoms with Crippen LogP contribution in [0.4, 0.5) is 0 Å². The second-order valence-electron chi connectivity index (χ2n) is 0.443. The highest BCUT2D eigenvalue weighted by Gasteiger charge is 1.47. The summed E-state index contributed by atoms with van der Waals surface area (Å²) in [6.07, 6.45) is 1.86. The molecule has 0 rings (SSSR count). The number of hydrogen-bond donors (Lipinski definition) is 0. The molecule has 0 aliphatic heterocycles. The molecule has 0 aliphatic carbocycles. The first-order chi connectivity index (χ1) is 1.91. The summed E-state index contributed by atoms with van der Waals surface area (Å²) in [4.78, 5) is 0. The van der Waals surface area contributed by atoms with Crippen molar-refractivity contribution in [1.29, 1.82) is 0 Å². The lowest BCUT2D eigenvalue weighted by Crippen LogP contribution is -1.43. The molecule has 0 heterocycles. The van der Waals surface area contributed by atoms with Crippen LogP contribution in [0.3, 0.4) is 0 Å². The highest BCUT2D eigenvalue weighted by molar-refractivity contribution is 14.1. The van der Waals surface area contributed by atoms with Crippen molar-refractivity contribution in [2.24, 2.45) is 0 Å². The van der Waals surface area contributed by atoms with Gasteiger partial charge in [-0.15, -0.1) is 6.58 Å². The lowest BCUT2D eigenvalue weighted by molar-refractivity contribution is 1.90. The molecule has 0 amide bonds. The standard InChI is InChI=1S/C3H5I.Al.3H/c1-2-3-4;;;;/h2H,1,3H2;;;;. The Kier molecular flexibility index (Phi) is 16.7. The molecule has 0 N–H and O–H groups in total. The lowest BCUT2D eigenvalue weighted by Gasteiger charge is -1.55. The molecule has 0 atom stereocenters. The van der Waals surface area contributed by atoms with Crippen LogP contribution in [0, 0.1) is 0 Å². The zero-order valence-corrected chi connectivity index (χ0v) is 4.53. The molecule has 0 radical (unpaired) electrons. The van der Waals surface area contributed by atoms with Gasteiger partial charge >= 0.3 is 0 Å². The summed E-state index contributed by atoms with van der Waals surface area (Å²) in [5, 5.41) is 0. The molecule has 5 heavy (non-hydrogen) atoms. The summed E-state index contributed by atoms with van der Waals surface area (Å²) in [5.41, 5.74) is 0. The van der Waals surface area contributed by atoms with E-state index >= 15 is 0 Å². The monoisotopic (exact) mass is 198 g/mol. The van der Waals surface area contributed by atoms with E-state index in [4.69, 9.17) is 0 Å². The number of allylic oxidation sites excluding steroid dienone is 1. The van der Waals surface area contributed by atoms with Gasteiger partial charge in [0.15, 0.2) is 17.4 Å². The van der Waals surface area contributed by atoms with Gasteiger partial charge in [0.25, 0.3) is 0 Å². The van der Waals surface area contributed by atoms with Gasteiger partial charge in [-0.25, -0.2) is 0 Å². The molecular weight excluding hydrogens is 190 g/mol. The fourth-order valence-electron chi connectivity index (χ4n) is 0. The van der Waals surface area contributed by atoms with Crippen molar-refractivity contribution >= 4 is 40.0 Å². The van der Waals surface area contributed by atoms with E-state index in [0.29, 0.717) is 0 Å². The topological polar surface area (TPSA) is 0 Å². The van der Waals surface area contributed by atoms with Gasteiger partial charge in [0, 0.05) is 4.43 Å². The smallest absolute Gasteiger partial charge is 0.102 e. The van der Waals surface area contributed by atoms with Crippen LogP contribution in [0.15, 0.2) is 12.7 Å². The second kappa shape index (κ2) is 8.89. The molecule has 0 aromatic carbocycles. The molecule has 0 spiro atoms. The largest absolute Gasteiger partial charge is 0.187 e. The van der Waals surface area contributed by atoms with E-state index in [9.17, 15) is 0 Å². The maximum atomic E-state index is 3.47. The Morgan fingerprint density at radius 1 is 1.80 bits per heavy atom. The van der Waals surface area contributed by atoms with E-state index in [0.717, 1.165) is 4.43 Å². The summed E-state index contributed by atoms with van der Waals surface area (Å²) in [6.45, 7) is 3.47. The molecule has 2 heteroatoms. The van der Waals surface area contributed by atoms with Crippen molar-refractivity contribution in [3.05, 3.63) is 12.7 Å². The Hall–Kier alpha value is 1.00. The summed E-state index contributed by atoms with van der Waals surface area (Å²) in [6, 6.07) is 0. The Balaban J connectivity index is 0. The third-order valence-corrected chi connectivity index (χ3v) is 0.732. The maximum absolute atomic E-state index is 3.47. The van der Waals surface area contributed by atoms with E-state index in [2.05, 4.69) is 29.2 Å². The average Bonchev–Trinajstić information content (AvgIpc) is 1.37. The highest BCUT2D eigenvalue weighted by Crippen LogP contribution is 1.75. The fraction of sp³-hybridized carbons (Fsp3) is 0.333. The van der Waals surface area contributed by atoms with Gasteiger partial charge in [0.1, 0.15) is 0 Å². The number of halogens is 1. The number of hydrogen-bond acceptors (Lipinski definition) is 0. The minimum Gasteiger partial charge on any atom is -0.102 e. The maximum Gasteiger partial charge on any atom is 0.187 e. The summed E-state index contributed by atoms with van der Waals surface area (Å²) >= 11 is 2.23. The second-order valence-corrected chi connectivity index (χ2v) is 1.32. The molecular formula is C3H8AlI. The molecule has 0 aromatic heterocycles. The van der Waals surface area contributed by atoms with Crippen molar-refractivity contribution in [3.63, 3.8) is 0 Å². The Labute approximate surface area is 56.9 Å². The van der Waals surface area contributed by atoms with E-state index in [1.165, 1.54) is 0 Å². The van der Waals surface area contributed by atoms with Gasteiger partial charge in [0.05, 0.1) is 0 Å². The van der Waals surface area contributed by atoms with Crippen molar-refractivity contribution < 1.29 is 0 Å². The van der Waals surface area contributed by atoms with Gasteiger partial charge in [0.2, 0.25) is 0 Å². The fourth-order valence-corrected chi connectivity index (χ4v) is 0.